The third-order valence-electron chi connectivity index (χ3n) is 5.91. The van der Waals surface area contributed by atoms with E-state index in [-0.39, 0.29) is 17.7 Å². The Kier molecular flexibility index (Phi) is 6.83. The van der Waals surface area contributed by atoms with Crippen LogP contribution < -0.4 is 10.1 Å². The molecule has 0 spiro atoms. The number of anilines is 1. The minimum atomic E-state index is -3.00. The molecule has 1 aliphatic carbocycles. The first-order chi connectivity index (χ1) is 15.8. The van der Waals surface area contributed by atoms with Gasteiger partial charge in [0.2, 0.25) is 5.95 Å². The number of nitrogens with one attached hydrogen (secondary N) is 1. The van der Waals surface area contributed by atoms with Crippen molar-refractivity contribution in [1.82, 2.24) is 14.5 Å². The Balaban J connectivity index is 1.46. The monoisotopic (exact) mass is 472 g/mol. The number of aliphatic carboxylic acids is 1. The number of ether oxygens (including phenoxy) is 1. The summed E-state index contributed by atoms with van der Waals surface area (Å²) in [4.78, 5) is 20.2. The normalized spacial score (nSPS) is 18.8. The molecule has 0 unspecified atom stereocenters. The summed E-state index contributed by atoms with van der Waals surface area (Å²) in [7, 11) is -3.00. The summed E-state index contributed by atoms with van der Waals surface area (Å²) in [6.45, 7) is 0.322. The highest BCUT2D eigenvalue weighted by molar-refractivity contribution is 7.90. The number of carbonyl (C=O) groups is 1. The maximum absolute atomic E-state index is 11.3. The lowest BCUT2D eigenvalue weighted by Gasteiger charge is -2.26. The van der Waals surface area contributed by atoms with E-state index in [0.717, 1.165) is 23.7 Å². The smallest absolute Gasteiger partial charge is 0.306 e. The fourth-order valence-electron chi connectivity index (χ4n) is 4.19. The molecule has 9 nitrogen and oxygen atoms in total. The van der Waals surface area contributed by atoms with Crippen LogP contribution in [0.3, 0.4) is 0 Å². The van der Waals surface area contributed by atoms with Gasteiger partial charge in [0.15, 0.2) is 0 Å². The molecule has 10 heteroatoms. The summed E-state index contributed by atoms with van der Waals surface area (Å²) in [5, 5.41) is 13.4. The van der Waals surface area contributed by atoms with Crippen LogP contribution in [0.15, 0.2) is 42.7 Å². The maximum atomic E-state index is 11.3. The van der Waals surface area contributed by atoms with Crippen molar-refractivity contribution in [1.29, 1.82) is 0 Å². The number of rotatable bonds is 9. The van der Waals surface area contributed by atoms with Crippen LogP contribution >= 0.6 is 0 Å². The largest absolute Gasteiger partial charge is 0.493 e. The zero-order chi connectivity index (χ0) is 23.4. The lowest BCUT2D eigenvalue weighted by atomic mass is 9.86. The van der Waals surface area contributed by atoms with E-state index in [1.54, 1.807) is 6.20 Å². The number of hydrogen-bond donors (Lipinski definition) is 2. The molecule has 1 fully saturated rings. The summed E-state index contributed by atoms with van der Waals surface area (Å²) >= 11 is 0. The molecule has 0 saturated heterocycles. The highest BCUT2D eigenvalue weighted by Gasteiger charge is 2.26. The molecule has 176 valence electrons. The Hall–Kier alpha value is -3.14. The van der Waals surface area contributed by atoms with E-state index in [2.05, 4.69) is 15.3 Å². The SMILES string of the molecule is CS(=O)(=O)CCCOc1cccc2c1ccn2-c1ccnc(N[C@H]2CC[C@H](C(=O)O)CC2)n1. The van der Waals surface area contributed by atoms with Gasteiger partial charge in [0.05, 0.1) is 23.8 Å². The van der Waals surface area contributed by atoms with Crippen LogP contribution in [0.5, 0.6) is 5.75 Å². The van der Waals surface area contributed by atoms with Gasteiger partial charge >= 0.3 is 5.97 Å². The first kappa shape index (κ1) is 23.0. The maximum Gasteiger partial charge on any atom is 0.306 e. The quantitative estimate of drug-likeness (QED) is 0.455. The molecule has 0 atom stereocenters. The second-order valence-corrected chi connectivity index (χ2v) is 10.7. The minimum absolute atomic E-state index is 0.0959. The number of hydrogen-bond acceptors (Lipinski definition) is 7. The van der Waals surface area contributed by atoms with Crippen molar-refractivity contribution in [3.8, 4) is 11.6 Å². The molecule has 0 radical (unpaired) electrons. The van der Waals surface area contributed by atoms with E-state index in [1.807, 2.05) is 41.1 Å². The van der Waals surface area contributed by atoms with E-state index >= 15 is 0 Å². The predicted octanol–water partition coefficient (Wildman–Crippen LogP) is 3.29. The fraction of sp³-hybridized carbons (Fsp3) is 0.435. The average Bonchev–Trinajstić information content (AvgIpc) is 3.22. The molecule has 1 aliphatic rings. The van der Waals surface area contributed by atoms with E-state index in [9.17, 15) is 18.3 Å². The number of benzene rings is 1. The van der Waals surface area contributed by atoms with Crippen LogP contribution in [0.25, 0.3) is 16.7 Å². The molecular formula is C23H28N4O5S. The molecule has 0 bridgehead atoms. The summed E-state index contributed by atoms with van der Waals surface area (Å²) in [6.07, 6.45) is 8.13. The topological polar surface area (TPSA) is 123 Å². The van der Waals surface area contributed by atoms with Crippen molar-refractivity contribution in [3.05, 3.63) is 42.7 Å². The summed E-state index contributed by atoms with van der Waals surface area (Å²) in [5.74, 6) is 1.03. The number of sulfone groups is 1. The van der Waals surface area contributed by atoms with Crippen molar-refractivity contribution >= 4 is 32.7 Å². The molecule has 1 aromatic carbocycles. The molecule has 2 N–H and O–H groups in total. The molecular weight excluding hydrogens is 444 g/mol. The molecule has 3 aromatic rings. The van der Waals surface area contributed by atoms with Gasteiger partial charge in [0.25, 0.3) is 0 Å². The number of nitrogens with zero attached hydrogens (tertiary/aromatic N) is 3. The average molecular weight is 473 g/mol. The Bertz CT molecular complexity index is 1230. The zero-order valence-corrected chi connectivity index (χ0v) is 19.3. The predicted molar refractivity (Wildman–Crippen MR) is 126 cm³/mol. The van der Waals surface area contributed by atoms with Gasteiger partial charge in [-0.2, -0.15) is 4.98 Å². The van der Waals surface area contributed by atoms with E-state index in [1.165, 1.54) is 6.26 Å². The van der Waals surface area contributed by atoms with Gasteiger partial charge in [0, 0.05) is 30.1 Å². The second kappa shape index (κ2) is 9.78. The van der Waals surface area contributed by atoms with Crippen LogP contribution in [-0.4, -0.2) is 58.7 Å². The lowest BCUT2D eigenvalue weighted by Crippen LogP contribution is -2.29. The third kappa shape index (κ3) is 5.81. The van der Waals surface area contributed by atoms with Crippen molar-refractivity contribution < 1.29 is 23.1 Å². The van der Waals surface area contributed by atoms with Crippen molar-refractivity contribution in [2.75, 3.05) is 23.9 Å². The second-order valence-electron chi connectivity index (χ2n) is 8.48. The third-order valence-corrected chi connectivity index (χ3v) is 6.94. The highest BCUT2D eigenvalue weighted by atomic mass is 32.2. The Morgan fingerprint density at radius 1 is 1.21 bits per heavy atom. The molecule has 0 amide bonds. The Labute approximate surface area is 192 Å². The number of fused-ring (bicyclic) bond motifs is 1. The van der Waals surface area contributed by atoms with Crippen LogP contribution in [-0.2, 0) is 14.6 Å². The number of carboxylic acid groups (broad SMARTS) is 1. The van der Waals surface area contributed by atoms with E-state index in [4.69, 9.17) is 4.74 Å². The first-order valence-electron chi connectivity index (χ1n) is 11.0. The first-order valence-corrected chi connectivity index (χ1v) is 13.1. The van der Waals surface area contributed by atoms with Gasteiger partial charge in [-0.3, -0.25) is 4.79 Å². The van der Waals surface area contributed by atoms with Gasteiger partial charge < -0.3 is 19.7 Å². The van der Waals surface area contributed by atoms with Crippen molar-refractivity contribution in [2.45, 2.75) is 38.1 Å². The zero-order valence-electron chi connectivity index (χ0n) is 18.5. The summed E-state index contributed by atoms with van der Waals surface area (Å²) in [6, 6.07) is 9.67. The highest BCUT2D eigenvalue weighted by Crippen LogP contribution is 2.29. The van der Waals surface area contributed by atoms with Crippen LogP contribution in [0.1, 0.15) is 32.1 Å². The summed E-state index contributed by atoms with van der Waals surface area (Å²) < 4.78 is 30.4. The van der Waals surface area contributed by atoms with Crippen LogP contribution in [0.2, 0.25) is 0 Å². The van der Waals surface area contributed by atoms with Gasteiger partial charge in [-0.15, -0.1) is 0 Å². The Morgan fingerprint density at radius 3 is 2.73 bits per heavy atom. The lowest BCUT2D eigenvalue weighted by molar-refractivity contribution is -0.142. The van der Waals surface area contributed by atoms with Crippen LogP contribution in [0, 0.1) is 5.92 Å². The van der Waals surface area contributed by atoms with Gasteiger partial charge in [0.1, 0.15) is 21.4 Å². The van der Waals surface area contributed by atoms with Gasteiger partial charge in [-0.05, 0) is 56.4 Å². The van der Waals surface area contributed by atoms with Crippen molar-refractivity contribution in [3.63, 3.8) is 0 Å². The molecule has 1 saturated carbocycles. The van der Waals surface area contributed by atoms with Gasteiger partial charge in [-0.25, -0.2) is 13.4 Å². The number of carboxylic acids is 1. The molecule has 2 heterocycles. The summed E-state index contributed by atoms with van der Waals surface area (Å²) in [5.41, 5.74) is 0.919. The number of aromatic nitrogens is 3. The van der Waals surface area contributed by atoms with Crippen molar-refractivity contribution in [2.24, 2.45) is 5.92 Å². The fourth-order valence-corrected chi connectivity index (χ4v) is 4.83. The molecule has 4 rings (SSSR count). The Morgan fingerprint density at radius 2 is 2.00 bits per heavy atom. The van der Waals surface area contributed by atoms with E-state index in [0.29, 0.717) is 43.4 Å². The molecule has 0 aliphatic heterocycles. The van der Waals surface area contributed by atoms with E-state index < -0.39 is 15.8 Å². The van der Waals surface area contributed by atoms with Crippen LogP contribution in [0.4, 0.5) is 5.95 Å². The molecule has 33 heavy (non-hydrogen) atoms. The molecule has 2 aromatic heterocycles. The minimum Gasteiger partial charge on any atom is -0.493 e. The standard InChI is InChI=1S/C23H28N4O5S/c1-33(30,31)15-3-14-32-20-5-2-4-19-18(20)11-13-27(19)21-10-12-24-23(26-21)25-17-8-6-16(7-9-17)22(28)29/h2,4-5,10-13,16-17H,3,6-9,14-15H2,1H3,(H,28,29)(H,24,25,26)/t16-,17-. The van der Waals surface area contributed by atoms with Gasteiger partial charge in [-0.1, -0.05) is 6.07 Å².